The molecule has 100 valence electrons. The first kappa shape index (κ1) is 15.1. The SMILES string of the molecule is C=NC(=CC(N)/C=C\C)/C=C\C(C)c1ccccc1. The molecule has 0 aliphatic rings. The lowest BCUT2D eigenvalue weighted by molar-refractivity contribution is 0.962. The summed E-state index contributed by atoms with van der Waals surface area (Å²) in [5.74, 6) is 0.337. The van der Waals surface area contributed by atoms with E-state index in [4.69, 9.17) is 5.73 Å². The second kappa shape index (κ2) is 8.22. The van der Waals surface area contributed by atoms with Gasteiger partial charge in [0, 0.05) is 6.04 Å². The smallest absolute Gasteiger partial charge is 0.0598 e. The molecule has 2 atom stereocenters. The van der Waals surface area contributed by atoms with Gasteiger partial charge in [0.25, 0.3) is 0 Å². The highest BCUT2D eigenvalue weighted by atomic mass is 14.7. The second-order valence-electron chi connectivity index (χ2n) is 4.41. The third kappa shape index (κ3) is 5.49. The zero-order valence-corrected chi connectivity index (χ0v) is 11.7. The Morgan fingerprint density at radius 1 is 1.26 bits per heavy atom. The van der Waals surface area contributed by atoms with Crippen LogP contribution < -0.4 is 5.73 Å². The Labute approximate surface area is 116 Å². The first-order chi connectivity index (χ1) is 9.17. The van der Waals surface area contributed by atoms with Gasteiger partial charge in [-0.05, 0) is 37.3 Å². The van der Waals surface area contributed by atoms with Crippen LogP contribution in [0.25, 0.3) is 0 Å². The monoisotopic (exact) mass is 254 g/mol. The van der Waals surface area contributed by atoms with Gasteiger partial charge in [-0.25, -0.2) is 0 Å². The number of aliphatic imine (C=N–C) groups is 1. The van der Waals surface area contributed by atoms with Gasteiger partial charge in [-0.3, -0.25) is 4.99 Å². The van der Waals surface area contributed by atoms with Crippen molar-refractivity contribution in [2.24, 2.45) is 10.7 Å². The van der Waals surface area contributed by atoms with Gasteiger partial charge in [-0.1, -0.05) is 55.5 Å². The maximum Gasteiger partial charge on any atom is 0.0598 e. The number of allylic oxidation sites excluding steroid dienone is 3. The molecule has 0 aromatic heterocycles. The van der Waals surface area contributed by atoms with E-state index in [1.165, 1.54) is 5.56 Å². The Kier molecular flexibility index (Phi) is 6.55. The van der Waals surface area contributed by atoms with Crippen molar-refractivity contribution in [3.63, 3.8) is 0 Å². The van der Waals surface area contributed by atoms with E-state index < -0.39 is 0 Å². The molecular formula is C17H22N2. The number of nitrogens with zero attached hydrogens (tertiary/aromatic N) is 1. The van der Waals surface area contributed by atoms with Gasteiger partial charge in [-0.15, -0.1) is 0 Å². The van der Waals surface area contributed by atoms with Crippen LogP contribution in [-0.2, 0) is 0 Å². The van der Waals surface area contributed by atoms with Crippen molar-refractivity contribution >= 4 is 6.72 Å². The first-order valence-electron chi connectivity index (χ1n) is 6.47. The van der Waals surface area contributed by atoms with E-state index in [9.17, 15) is 0 Å². The highest BCUT2D eigenvalue weighted by Crippen LogP contribution is 2.17. The molecule has 2 N–H and O–H groups in total. The topological polar surface area (TPSA) is 38.4 Å². The van der Waals surface area contributed by atoms with Crippen LogP contribution in [0.4, 0.5) is 0 Å². The average Bonchev–Trinajstić information content (AvgIpc) is 2.44. The summed E-state index contributed by atoms with van der Waals surface area (Å²) in [7, 11) is 0. The molecule has 0 bridgehead atoms. The van der Waals surface area contributed by atoms with Crippen molar-refractivity contribution < 1.29 is 0 Å². The molecule has 0 amide bonds. The molecule has 2 unspecified atom stereocenters. The fraction of sp³-hybridized carbons (Fsp3) is 0.235. The van der Waals surface area contributed by atoms with Crippen molar-refractivity contribution in [3.05, 3.63) is 72.0 Å². The Morgan fingerprint density at radius 3 is 2.53 bits per heavy atom. The van der Waals surface area contributed by atoms with Crippen LogP contribution in [0.5, 0.6) is 0 Å². The molecular weight excluding hydrogens is 232 g/mol. The lowest BCUT2D eigenvalue weighted by atomic mass is 10.0. The Morgan fingerprint density at radius 2 is 1.95 bits per heavy atom. The van der Waals surface area contributed by atoms with E-state index in [0.717, 1.165) is 5.70 Å². The van der Waals surface area contributed by atoms with Crippen LogP contribution in [0.3, 0.4) is 0 Å². The lowest BCUT2D eigenvalue weighted by Gasteiger charge is -2.06. The van der Waals surface area contributed by atoms with Crippen molar-refractivity contribution in [2.45, 2.75) is 25.8 Å². The zero-order valence-electron chi connectivity index (χ0n) is 11.7. The van der Waals surface area contributed by atoms with Crippen molar-refractivity contribution in [3.8, 4) is 0 Å². The van der Waals surface area contributed by atoms with E-state index in [0.29, 0.717) is 5.92 Å². The molecule has 2 nitrogen and oxygen atoms in total. The second-order valence-corrected chi connectivity index (χ2v) is 4.41. The minimum atomic E-state index is -0.123. The fourth-order valence-electron chi connectivity index (χ4n) is 1.75. The third-order valence-electron chi connectivity index (χ3n) is 2.84. The van der Waals surface area contributed by atoms with Crippen LogP contribution >= 0.6 is 0 Å². The molecule has 19 heavy (non-hydrogen) atoms. The molecule has 0 heterocycles. The van der Waals surface area contributed by atoms with Gasteiger partial charge in [0.2, 0.25) is 0 Å². The van der Waals surface area contributed by atoms with Gasteiger partial charge in [0.1, 0.15) is 0 Å². The van der Waals surface area contributed by atoms with Crippen LogP contribution in [0.2, 0.25) is 0 Å². The van der Waals surface area contributed by atoms with Crippen LogP contribution in [0.15, 0.2) is 71.4 Å². The lowest BCUT2D eigenvalue weighted by Crippen LogP contribution is -2.13. The molecule has 0 aliphatic carbocycles. The van der Waals surface area contributed by atoms with Crippen molar-refractivity contribution in [1.82, 2.24) is 0 Å². The van der Waals surface area contributed by atoms with E-state index >= 15 is 0 Å². The highest BCUT2D eigenvalue weighted by Gasteiger charge is 2.00. The van der Waals surface area contributed by atoms with Gasteiger partial charge < -0.3 is 5.73 Å². The average molecular weight is 254 g/mol. The minimum absolute atomic E-state index is 0.123. The van der Waals surface area contributed by atoms with Gasteiger partial charge >= 0.3 is 0 Å². The summed E-state index contributed by atoms with van der Waals surface area (Å²) in [4.78, 5) is 3.99. The number of benzene rings is 1. The zero-order chi connectivity index (χ0) is 14.1. The summed E-state index contributed by atoms with van der Waals surface area (Å²) in [6.07, 6.45) is 9.81. The quantitative estimate of drug-likeness (QED) is 0.467. The molecule has 2 heteroatoms. The fourth-order valence-corrected chi connectivity index (χ4v) is 1.75. The van der Waals surface area contributed by atoms with Crippen molar-refractivity contribution in [1.29, 1.82) is 0 Å². The van der Waals surface area contributed by atoms with Crippen molar-refractivity contribution in [2.75, 3.05) is 0 Å². The predicted octanol–water partition coefficient (Wildman–Crippen LogP) is 3.83. The number of nitrogens with two attached hydrogens (primary N) is 1. The largest absolute Gasteiger partial charge is 0.321 e. The number of hydrogen-bond donors (Lipinski definition) is 1. The molecule has 0 spiro atoms. The first-order valence-corrected chi connectivity index (χ1v) is 6.47. The molecule has 0 aliphatic heterocycles. The summed E-state index contributed by atoms with van der Waals surface area (Å²) in [6, 6.07) is 10.2. The normalized spacial score (nSPS) is 15.8. The highest BCUT2D eigenvalue weighted by molar-refractivity contribution is 5.35. The van der Waals surface area contributed by atoms with Crippen LogP contribution in [-0.4, -0.2) is 12.8 Å². The summed E-state index contributed by atoms with van der Waals surface area (Å²) >= 11 is 0. The minimum Gasteiger partial charge on any atom is -0.321 e. The molecule has 1 aromatic rings. The van der Waals surface area contributed by atoms with Crippen LogP contribution in [0, 0.1) is 0 Å². The summed E-state index contributed by atoms with van der Waals surface area (Å²) in [5, 5.41) is 0. The molecule has 0 saturated heterocycles. The third-order valence-corrected chi connectivity index (χ3v) is 2.84. The Hall–Kier alpha value is -1.93. The molecule has 1 rings (SSSR count). The summed E-state index contributed by atoms with van der Waals surface area (Å²) in [5.41, 5.74) is 7.97. The molecule has 1 aromatic carbocycles. The maximum absolute atomic E-state index is 5.89. The van der Waals surface area contributed by atoms with Crippen LogP contribution in [0.1, 0.15) is 25.3 Å². The molecule has 0 radical (unpaired) electrons. The summed E-state index contributed by atoms with van der Waals surface area (Å²) < 4.78 is 0. The standard InChI is InChI=1S/C17H22N2/c1-4-8-16(18)13-17(19-3)12-11-14(2)15-9-6-5-7-10-15/h4-14,16H,3,18H2,1-2H3/b8-4-,12-11-,17-13?. The van der Waals surface area contributed by atoms with E-state index in [1.54, 1.807) is 0 Å². The molecule has 0 fully saturated rings. The van der Waals surface area contributed by atoms with Gasteiger partial charge in [-0.2, -0.15) is 0 Å². The maximum atomic E-state index is 5.89. The number of rotatable bonds is 6. The van der Waals surface area contributed by atoms with Gasteiger partial charge in [0.15, 0.2) is 0 Å². The Bertz CT molecular complexity index is 469. The molecule has 0 saturated carbocycles. The van der Waals surface area contributed by atoms with Gasteiger partial charge in [0.05, 0.1) is 5.70 Å². The van der Waals surface area contributed by atoms with E-state index in [1.807, 2.05) is 49.4 Å². The van der Waals surface area contributed by atoms with E-state index in [2.05, 4.69) is 36.8 Å². The Balaban J connectivity index is 2.75. The summed E-state index contributed by atoms with van der Waals surface area (Å²) in [6.45, 7) is 7.67. The predicted molar refractivity (Wildman–Crippen MR) is 84.4 cm³/mol. The number of hydrogen-bond acceptors (Lipinski definition) is 2. The van der Waals surface area contributed by atoms with E-state index in [-0.39, 0.29) is 6.04 Å².